The first-order chi connectivity index (χ1) is 8.61. The lowest BCUT2D eigenvalue weighted by atomic mass is 10.1. The minimum absolute atomic E-state index is 0.564. The standard InChI is InChI=1S/C14H14ClNO2/c1-10-11(5-6-18-10)8-16(2)14-4-3-13(15)7-12(14)9-17/h3-7,9H,8H2,1-2H3. The molecule has 0 spiro atoms. The summed E-state index contributed by atoms with van der Waals surface area (Å²) in [5.41, 5.74) is 2.55. The second-order valence-electron chi connectivity index (χ2n) is 4.18. The van der Waals surface area contributed by atoms with Crippen molar-refractivity contribution < 1.29 is 9.21 Å². The van der Waals surface area contributed by atoms with E-state index in [-0.39, 0.29) is 0 Å². The number of anilines is 1. The Morgan fingerprint density at radius 1 is 1.39 bits per heavy atom. The van der Waals surface area contributed by atoms with E-state index in [1.165, 1.54) is 0 Å². The fourth-order valence-electron chi connectivity index (χ4n) is 1.88. The number of halogens is 1. The van der Waals surface area contributed by atoms with Crippen molar-refractivity contribution in [3.8, 4) is 0 Å². The zero-order chi connectivity index (χ0) is 13.1. The quantitative estimate of drug-likeness (QED) is 0.789. The molecule has 0 amide bonds. The molecule has 0 bridgehead atoms. The van der Waals surface area contributed by atoms with E-state index in [1.54, 1.807) is 18.4 Å². The molecule has 0 aliphatic heterocycles. The molecule has 0 aliphatic rings. The predicted molar refractivity (Wildman–Crippen MR) is 72.4 cm³/mol. The van der Waals surface area contributed by atoms with E-state index < -0.39 is 0 Å². The maximum absolute atomic E-state index is 11.0. The molecule has 0 saturated heterocycles. The maximum atomic E-state index is 11.0. The van der Waals surface area contributed by atoms with Crippen LogP contribution in [-0.2, 0) is 6.54 Å². The van der Waals surface area contributed by atoms with Gasteiger partial charge in [-0.25, -0.2) is 0 Å². The van der Waals surface area contributed by atoms with Gasteiger partial charge in [-0.3, -0.25) is 4.79 Å². The molecule has 0 N–H and O–H groups in total. The lowest BCUT2D eigenvalue weighted by molar-refractivity contribution is 0.112. The van der Waals surface area contributed by atoms with E-state index in [0.29, 0.717) is 17.1 Å². The average Bonchev–Trinajstić information content (AvgIpc) is 2.74. The van der Waals surface area contributed by atoms with Crippen LogP contribution >= 0.6 is 11.6 Å². The Bertz CT molecular complexity index is 563. The SMILES string of the molecule is Cc1occc1CN(C)c1ccc(Cl)cc1C=O. The zero-order valence-electron chi connectivity index (χ0n) is 10.3. The smallest absolute Gasteiger partial charge is 0.152 e. The number of rotatable bonds is 4. The van der Waals surface area contributed by atoms with Crippen LogP contribution in [0.1, 0.15) is 21.7 Å². The van der Waals surface area contributed by atoms with Crippen molar-refractivity contribution in [2.24, 2.45) is 0 Å². The normalized spacial score (nSPS) is 10.4. The summed E-state index contributed by atoms with van der Waals surface area (Å²) in [6.45, 7) is 2.61. The molecular weight excluding hydrogens is 250 g/mol. The highest BCUT2D eigenvalue weighted by Gasteiger charge is 2.10. The van der Waals surface area contributed by atoms with Crippen LogP contribution in [0, 0.1) is 6.92 Å². The Hall–Kier alpha value is -1.74. The summed E-state index contributed by atoms with van der Waals surface area (Å²) in [5, 5.41) is 0.564. The maximum Gasteiger partial charge on any atom is 0.152 e. The van der Waals surface area contributed by atoms with Gasteiger partial charge in [-0.1, -0.05) is 11.6 Å². The Morgan fingerprint density at radius 2 is 2.17 bits per heavy atom. The molecule has 2 rings (SSSR count). The third-order valence-electron chi connectivity index (χ3n) is 2.90. The van der Waals surface area contributed by atoms with Gasteiger partial charge in [-0.15, -0.1) is 0 Å². The molecule has 4 heteroatoms. The molecule has 0 radical (unpaired) electrons. The molecule has 1 heterocycles. The van der Waals surface area contributed by atoms with E-state index in [1.807, 2.05) is 31.0 Å². The van der Waals surface area contributed by atoms with Gasteiger partial charge in [0.2, 0.25) is 0 Å². The van der Waals surface area contributed by atoms with Crippen LogP contribution in [0.15, 0.2) is 34.9 Å². The third kappa shape index (κ3) is 2.57. The molecule has 18 heavy (non-hydrogen) atoms. The van der Waals surface area contributed by atoms with E-state index in [2.05, 4.69) is 0 Å². The zero-order valence-corrected chi connectivity index (χ0v) is 11.1. The summed E-state index contributed by atoms with van der Waals surface area (Å²) in [7, 11) is 1.93. The Kier molecular flexibility index (Phi) is 3.72. The number of nitrogens with zero attached hydrogens (tertiary/aromatic N) is 1. The van der Waals surface area contributed by atoms with Gasteiger partial charge in [0.05, 0.1) is 6.26 Å². The summed E-state index contributed by atoms with van der Waals surface area (Å²) in [6, 6.07) is 7.23. The summed E-state index contributed by atoms with van der Waals surface area (Å²) in [4.78, 5) is 13.0. The summed E-state index contributed by atoms with van der Waals surface area (Å²) in [6.07, 6.45) is 2.49. The second kappa shape index (κ2) is 5.27. The van der Waals surface area contributed by atoms with Crippen LogP contribution < -0.4 is 4.90 Å². The molecular formula is C14H14ClNO2. The van der Waals surface area contributed by atoms with Gasteiger partial charge in [-0.2, -0.15) is 0 Å². The molecule has 0 saturated carbocycles. The highest BCUT2D eigenvalue weighted by atomic mass is 35.5. The minimum atomic E-state index is 0.564. The Morgan fingerprint density at radius 3 is 2.78 bits per heavy atom. The number of furan rings is 1. The van der Waals surface area contributed by atoms with Crippen molar-refractivity contribution in [1.29, 1.82) is 0 Å². The number of aryl methyl sites for hydroxylation is 1. The van der Waals surface area contributed by atoms with Crippen molar-refractivity contribution in [3.05, 3.63) is 52.4 Å². The Balaban J connectivity index is 2.26. The first-order valence-corrected chi connectivity index (χ1v) is 5.98. The van der Waals surface area contributed by atoms with Gasteiger partial charge >= 0.3 is 0 Å². The monoisotopic (exact) mass is 263 g/mol. The molecule has 2 aromatic rings. The Labute approximate surface area is 111 Å². The number of carbonyl (C=O) groups excluding carboxylic acids is 1. The fourth-order valence-corrected chi connectivity index (χ4v) is 2.06. The minimum Gasteiger partial charge on any atom is -0.469 e. The van der Waals surface area contributed by atoms with Crippen molar-refractivity contribution >= 4 is 23.6 Å². The lowest BCUT2D eigenvalue weighted by Crippen LogP contribution is -2.18. The molecule has 0 aliphatic carbocycles. The van der Waals surface area contributed by atoms with E-state index in [0.717, 1.165) is 23.3 Å². The van der Waals surface area contributed by atoms with E-state index in [4.69, 9.17) is 16.0 Å². The van der Waals surface area contributed by atoms with Crippen molar-refractivity contribution in [2.75, 3.05) is 11.9 Å². The number of hydrogen-bond donors (Lipinski definition) is 0. The largest absolute Gasteiger partial charge is 0.469 e. The average molecular weight is 264 g/mol. The number of aldehydes is 1. The first kappa shape index (κ1) is 12.7. The number of hydrogen-bond acceptors (Lipinski definition) is 3. The fraction of sp³-hybridized carbons (Fsp3) is 0.214. The molecule has 1 aromatic carbocycles. The molecule has 0 fully saturated rings. The van der Waals surface area contributed by atoms with Gasteiger partial charge in [0, 0.05) is 35.4 Å². The molecule has 0 unspecified atom stereocenters. The molecule has 0 atom stereocenters. The number of benzene rings is 1. The van der Waals surface area contributed by atoms with Crippen LogP contribution in [-0.4, -0.2) is 13.3 Å². The van der Waals surface area contributed by atoms with Crippen molar-refractivity contribution in [3.63, 3.8) is 0 Å². The van der Waals surface area contributed by atoms with Crippen LogP contribution in [0.25, 0.3) is 0 Å². The first-order valence-electron chi connectivity index (χ1n) is 5.60. The van der Waals surface area contributed by atoms with Crippen LogP contribution in [0.2, 0.25) is 5.02 Å². The summed E-state index contributed by atoms with van der Waals surface area (Å²) < 4.78 is 5.26. The van der Waals surface area contributed by atoms with Gasteiger partial charge in [0.25, 0.3) is 0 Å². The van der Waals surface area contributed by atoms with Gasteiger partial charge < -0.3 is 9.32 Å². The lowest BCUT2D eigenvalue weighted by Gasteiger charge is -2.20. The highest BCUT2D eigenvalue weighted by molar-refractivity contribution is 6.31. The van der Waals surface area contributed by atoms with E-state index in [9.17, 15) is 4.79 Å². The third-order valence-corrected chi connectivity index (χ3v) is 3.14. The predicted octanol–water partition coefficient (Wildman–Crippen LogP) is 3.69. The van der Waals surface area contributed by atoms with Crippen LogP contribution in [0.4, 0.5) is 5.69 Å². The van der Waals surface area contributed by atoms with Crippen LogP contribution in [0.3, 0.4) is 0 Å². The number of carbonyl (C=O) groups is 1. The summed E-state index contributed by atoms with van der Waals surface area (Å²) >= 11 is 5.88. The van der Waals surface area contributed by atoms with Gasteiger partial charge in [-0.05, 0) is 31.2 Å². The highest BCUT2D eigenvalue weighted by Crippen LogP contribution is 2.24. The topological polar surface area (TPSA) is 33.5 Å². The van der Waals surface area contributed by atoms with Gasteiger partial charge in [0.15, 0.2) is 6.29 Å². The molecule has 3 nitrogen and oxygen atoms in total. The van der Waals surface area contributed by atoms with Crippen molar-refractivity contribution in [2.45, 2.75) is 13.5 Å². The second-order valence-corrected chi connectivity index (χ2v) is 4.62. The van der Waals surface area contributed by atoms with E-state index >= 15 is 0 Å². The summed E-state index contributed by atoms with van der Waals surface area (Å²) in [5.74, 6) is 0.892. The van der Waals surface area contributed by atoms with Crippen molar-refractivity contribution in [1.82, 2.24) is 0 Å². The van der Waals surface area contributed by atoms with Crippen LogP contribution in [0.5, 0.6) is 0 Å². The van der Waals surface area contributed by atoms with Gasteiger partial charge in [0.1, 0.15) is 5.76 Å². The molecule has 94 valence electrons. The molecule has 1 aromatic heterocycles.